The zero-order chi connectivity index (χ0) is 8.65. The number of halogens is 3. The van der Waals surface area contributed by atoms with Gasteiger partial charge in [-0.3, -0.25) is 4.84 Å². The van der Waals surface area contributed by atoms with Gasteiger partial charge in [0.1, 0.15) is 0 Å². The lowest BCUT2D eigenvalue weighted by molar-refractivity contribution is -0.207. The zero-order valence-electron chi connectivity index (χ0n) is 5.59. The maximum atomic E-state index is 11.9. The molecule has 0 radical (unpaired) electrons. The van der Waals surface area contributed by atoms with Crippen molar-refractivity contribution in [1.82, 2.24) is 10.6 Å². The summed E-state index contributed by atoms with van der Waals surface area (Å²) in [7, 11) is 1.13. The standard InChI is InChI=1S/C4H7F3N2O2/c1-9-2(4(5,6)7)3(10)11-8-9/h2-3,8,10H,1H3. The summed E-state index contributed by atoms with van der Waals surface area (Å²) < 4.78 is 35.8. The largest absolute Gasteiger partial charge is 0.410 e. The molecule has 0 aliphatic carbocycles. The molecule has 1 aliphatic heterocycles. The number of likely N-dealkylation sites (N-methyl/N-ethyl adjacent to an activating group) is 1. The number of hydrogen-bond acceptors (Lipinski definition) is 4. The van der Waals surface area contributed by atoms with Crippen molar-refractivity contribution in [1.29, 1.82) is 0 Å². The second kappa shape index (κ2) is 2.59. The number of hydrazine groups is 1. The van der Waals surface area contributed by atoms with E-state index in [2.05, 4.69) is 4.84 Å². The second-order valence-corrected chi connectivity index (χ2v) is 2.20. The Morgan fingerprint density at radius 2 is 2.09 bits per heavy atom. The molecular formula is C4H7F3N2O2. The maximum absolute atomic E-state index is 11.9. The minimum absolute atomic E-state index is 0.657. The summed E-state index contributed by atoms with van der Waals surface area (Å²) in [4.78, 5) is 4.12. The van der Waals surface area contributed by atoms with Gasteiger partial charge in [0.25, 0.3) is 0 Å². The smallest absolute Gasteiger partial charge is 0.365 e. The van der Waals surface area contributed by atoms with Crippen molar-refractivity contribution in [3.05, 3.63) is 0 Å². The lowest BCUT2D eigenvalue weighted by Crippen LogP contribution is -2.46. The van der Waals surface area contributed by atoms with Crippen molar-refractivity contribution in [2.75, 3.05) is 7.05 Å². The van der Waals surface area contributed by atoms with E-state index in [9.17, 15) is 13.2 Å². The fourth-order valence-electron chi connectivity index (χ4n) is 0.831. The first-order valence-corrected chi connectivity index (χ1v) is 2.82. The average molecular weight is 172 g/mol. The molecule has 2 atom stereocenters. The normalized spacial score (nSPS) is 34.6. The monoisotopic (exact) mass is 172 g/mol. The van der Waals surface area contributed by atoms with Crippen LogP contribution >= 0.6 is 0 Å². The summed E-state index contributed by atoms with van der Waals surface area (Å²) in [5.41, 5.74) is 1.89. The van der Waals surface area contributed by atoms with Gasteiger partial charge in [0.15, 0.2) is 6.04 Å². The summed E-state index contributed by atoms with van der Waals surface area (Å²) in [6.07, 6.45) is -6.35. The van der Waals surface area contributed by atoms with Gasteiger partial charge in [-0.05, 0) is 0 Å². The van der Waals surface area contributed by atoms with Gasteiger partial charge >= 0.3 is 6.18 Å². The third kappa shape index (κ3) is 1.62. The number of hydrogen-bond donors (Lipinski definition) is 2. The van der Waals surface area contributed by atoms with Crippen LogP contribution in [-0.4, -0.2) is 35.7 Å². The minimum Gasteiger partial charge on any atom is -0.365 e. The molecule has 7 heteroatoms. The van der Waals surface area contributed by atoms with E-state index < -0.39 is 18.5 Å². The van der Waals surface area contributed by atoms with E-state index in [1.165, 1.54) is 0 Å². The van der Waals surface area contributed by atoms with Crippen LogP contribution in [0.4, 0.5) is 13.2 Å². The van der Waals surface area contributed by atoms with E-state index in [1.807, 2.05) is 5.59 Å². The summed E-state index contributed by atoms with van der Waals surface area (Å²) in [6, 6.07) is -2.00. The van der Waals surface area contributed by atoms with Crippen molar-refractivity contribution in [2.45, 2.75) is 18.5 Å². The van der Waals surface area contributed by atoms with Gasteiger partial charge in [-0.2, -0.15) is 13.2 Å². The van der Waals surface area contributed by atoms with E-state index in [0.717, 1.165) is 7.05 Å². The molecule has 66 valence electrons. The van der Waals surface area contributed by atoms with Crippen LogP contribution in [0.1, 0.15) is 0 Å². The Labute approximate surface area is 60.5 Å². The molecule has 2 N–H and O–H groups in total. The summed E-state index contributed by atoms with van der Waals surface area (Å²) >= 11 is 0. The molecular weight excluding hydrogens is 165 g/mol. The van der Waals surface area contributed by atoms with Crippen molar-refractivity contribution < 1.29 is 23.1 Å². The first-order chi connectivity index (χ1) is 4.93. The molecule has 1 fully saturated rings. The fraction of sp³-hybridized carbons (Fsp3) is 1.00. The summed E-state index contributed by atoms with van der Waals surface area (Å²) in [5, 5.41) is 9.31. The number of aliphatic hydroxyl groups excluding tert-OH is 1. The van der Waals surface area contributed by atoms with Gasteiger partial charge in [0, 0.05) is 7.05 Å². The SMILES string of the molecule is CN1NOC(O)C1C(F)(F)F. The van der Waals surface area contributed by atoms with Crippen LogP contribution in [-0.2, 0) is 4.84 Å². The van der Waals surface area contributed by atoms with Crippen LogP contribution in [0.5, 0.6) is 0 Å². The summed E-state index contributed by atoms with van der Waals surface area (Å²) in [5.74, 6) is 0. The predicted molar refractivity (Wildman–Crippen MR) is 27.8 cm³/mol. The number of aliphatic hydroxyl groups is 1. The van der Waals surface area contributed by atoms with Gasteiger partial charge in [0.2, 0.25) is 6.29 Å². The Balaban J connectivity index is 2.69. The molecule has 0 aromatic heterocycles. The van der Waals surface area contributed by atoms with Gasteiger partial charge in [-0.15, -0.1) is 5.59 Å². The lowest BCUT2D eigenvalue weighted by atomic mass is 10.3. The molecule has 1 rings (SSSR count). The highest BCUT2D eigenvalue weighted by molar-refractivity contribution is 4.79. The highest BCUT2D eigenvalue weighted by atomic mass is 19.4. The minimum atomic E-state index is -4.49. The number of alkyl halides is 3. The quantitative estimate of drug-likeness (QED) is 0.522. The van der Waals surface area contributed by atoms with Gasteiger partial charge in [-0.1, -0.05) is 0 Å². The average Bonchev–Trinajstić information content (AvgIpc) is 2.08. The van der Waals surface area contributed by atoms with Crippen LogP contribution in [0, 0.1) is 0 Å². The summed E-state index contributed by atoms with van der Waals surface area (Å²) in [6.45, 7) is 0. The Morgan fingerprint density at radius 1 is 1.55 bits per heavy atom. The molecule has 2 unspecified atom stereocenters. The zero-order valence-corrected chi connectivity index (χ0v) is 5.59. The fourth-order valence-corrected chi connectivity index (χ4v) is 0.831. The topological polar surface area (TPSA) is 44.7 Å². The van der Waals surface area contributed by atoms with E-state index in [1.54, 1.807) is 0 Å². The Hall–Kier alpha value is -0.370. The Morgan fingerprint density at radius 3 is 2.27 bits per heavy atom. The van der Waals surface area contributed by atoms with Crippen LogP contribution in [0.25, 0.3) is 0 Å². The Bertz CT molecular complexity index is 141. The lowest BCUT2D eigenvalue weighted by Gasteiger charge is -2.20. The van der Waals surface area contributed by atoms with E-state index in [0.29, 0.717) is 5.01 Å². The molecule has 1 heterocycles. The molecule has 0 amide bonds. The highest BCUT2D eigenvalue weighted by Crippen LogP contribution is 2.28. The number of rotatable bonds is 0. The third-order valence-electron chi connectivity index (χ3n) is 1.34. The van der Waals surface area contributed by atoms with E-state index in [4.69, 9.17) is 5.11 Å². The van der Waals surface area contributed by atoms with Crippen LogP contribution in [0.15, 0.2) is 0 Å². The first kappa shape index (κ1) is 8.72. The van der Waals surface area contributed by atoms with Gasteiger partial charge in [0.05, 0.1) is 0 Å². The maximum Gasteiger partial charge on any atom is 0.410 e. The molecule has 11 heavy (non-hydrogen) atoms. The first-order valence-electron chi connectivity index (χ1n) is 2.82. The molecule has 0 spiro atoms. The van der Waals surface area contributed by atoms with Crippen molar-refractivity contribution >= 4 is 0 Å². The highest BCUT2D eigenvalue weighted by Gasteiger charge is 2.51. The third-order valence-corrected chi connectivity index (χ3v) is 1.34. The van der Waals surface area contributed by atoms with Gasteiger partial charge < -0.3 is 5.11 Å². The van der Waals surface area contributed by atoms with Crippen LogP contribution < -0.4 is 5.59 Å². The number of nitrogens with one attached hydrogen (secondary N) is 1. The molecule has 0 aromatic carbocycles. The van der Waals surface area contributed by atoms with E-state index >= 15 is 0 Å². The van der Waals surface area contributed by atoms with E-state index in [-0.39, 0.29) is 0 Å². The molecule has 0 bridgehead atoms. The van der Waals surface area contributed by atoms with Crippen molar-refractivity contribution in [3.8, 4) is 0 Å². The Kier molecular flexibility index (Phi) is 2.06. The molecule has 4 nitrogen and oxygen atoms in total. The van der Waals surface area contributed by atoms with Crippen LogP contribution in [0.3, 0.4) is 0 Å². The van der Waals surface area contributed by atoms with Gasteiger partial charge in [-0.25, -0.2) is 5.01 Å². The molecule has 0 aromatic rings. The number of nitrogens with zero attached hydrogens (tertiary/aromatic N) is 1. The van der Waals surface area contributed by atoms with Crippen molar-refractivity contribution in [3.63, 3.8) is 0 Å². The predicted octanol–water partition coefficient (Wildman–Crippen LogP) is -0.383. The molecule has 0 saturated carbocycles. The molecule has 1 saturated heterocycles. The molecule has 1 aliphatic rings. The van der Waals surface area contributed by atoms with Crippen LogP contribution in [0.2, 0.25) is 0 Å². The second-order valence-electron chi connectivity index (χ2n) is 2.20. The van der Waals surface area contributed by atoms with Crippen molar-refractivity contribution in [2.24, 2.45) is 0 Å².